The highest BCUT2D eigenvalue weighted by atomic mass is 16.1. The van der Waals surface area contributed by atoms with Crippen LogP contribution in [0.25, 0.3) is 0 Å². The van der Waals surface area contributed by atoms with Crippen molar-refractivity contribution in [2.75, 3.05) is 35.2 Å². The third kappa shape index (κ3) is 5.92. The van der Waals surface area contributed by atoms with Gasteiger partial charge in [-0.2, -0.15) is 0 Å². The molecule has 1 fully saturated rings. The number of anilines is 3. The molecule has 0 aliphatic carbocycles. The highest BCUT2D eigenvalue weighted by Gasteiger charge is 2.21. The molecule has 0 bridgehead atoms. The summed E-state index contributed by atoms with van der Waals surface area (Å²) in [6.45, 7) is 9.14. The lowest BCUT2D eigenvalue weighted by Gasteiger charge is -2.32. The molecular weight excluding hydrogens is 362 g/mol. The SMILES string of the molecule is CCCNc1cc(N2CCC(CCC(=O)Nc3cccc(C)c3C)CC2)ncn1. The van der Waals surface area contributed by atoms with Crippen LogP contribution in [0.5, 0.6) is 0 Å². The number of piperidine rings is 1. The van der Waals surface area contributed by atoms with E-state index in [0.29, 0.717) is 12.3 Å². The average molecular weight is 396 g/mol. The monoisotopic (exact) mass is 395 g/mol. The molecule has 1 aromatic heterocycles. The number of hydrogen-bond donors (Lipinski definition) is 2. The van der Waals surface area contributed by atoms with Gasteiger partial charge in [0.15, 0.2) is 0 Å². The number of nitrogens with zero attached hydrogens (tertiary/aromatic N) is 3. The Kier molecular flexibility index (Phi) is 7.44. The van der Waals surface area contributed by atoms with E-state index in [1.807, 2.05) is 18.2 Å². The number of hydrogen-bond acceptors (Lipinski definition) is 5. The van der Waals surface area contributed by atoms with Gasteiger partial charge in [-0.1, -0.05) is 19.1 Å². The summed E-state index contributed by atoms with van der Waals surface area (Å²) in [5, 5.41) is 6.40. The van der Waals surface area contributed by atoms with E-state index in [1.54, 1.807) is 6.33 Å². The quantitative estimate of drug-likeness (QED) is 0.686. The van der Waals surface area contributed by atoms with Gasteiger partial charge < -0.3 is 15.5 Å². The fourth-order valence-corrected chi connectivity index (χ4v) is 3.75. The van der Waals surface area contributed by atoms with Crippen LogP contribution in [0.15, 0.2) is 30.6 Å². The van der Waals surface area contributed by atoms with Gasteiger partial charge in [0.2, 0.25) is 5.91 Å². The van der Waals surface area contributed by atoms with Crippen LogP contribution in [0.2, 0.25) is 0 Å². The molecule has 1 aliphatic rings. The Morgan fingerprint density at radius 2 is 2.00 bits per heavy atom. The lowest BCUT2D eigenvalue weighted by atomic mass is 9.92. The van der Waals surface area contributed by atoms with Gasteiger partial charge in [-0.25, -0.2) is 9.97 Å². The summed E-state index contributed by atoms with van der Waals surface area (Å²) < 4.78 is 0. The van der Waals surface area contributed by atoms with Crippen molar-refractivity contribution in [3.8, 4) is 0 Å². The van der Waals surface area contributed by atoms with Crippen molar-refractivity contribution in [1.29, 1.82) is 0 Å². The topological polar surface area (TPSA) is 70.2 Å². The van der Waals surface area contributed by atoms with Gasteiger partial charge in [-0.3, -0.25) is 4.79 Å². The second-order valence-electron chi connectivity index (χ2n) is 7.95. The molecular formula is C23H33N5O. The smallest absolute Gasteiger partial charge is 0.224 e. The molecule has 1 amide bonds. The van der Waals surface area contributed by atoms with Gasteiger partial charge in [0.05, 0.1) is 0 Å². The molecule has 1 aromatic carbocycles. The zero-order valence-electron chi connectivity index (χ0n) is 17.9. The summed E-state index contributed by atoms with van der Waals surface area (Å²) in [7, 11) is 0. The highest BCUT2D eigenvalue weighted by Crippen LogP contribution is 2.26. The van der Waals surface area contributed by atoms with Crippen molar-refractivity contribution < 1.29 is 4.79 Å². The second kappa shape index (κ2) is 10.2. The molecule has 156 valence electrons. The molecule has 1 saturated heterocycles. The molecule has 29 heavy (non-hydrogen) atoms. The van der Waals surface area contributed by atoms with E-state index >= 15 is 0 Å². The number of benzene rings is 1. The molecule has 2 heterocycles. The molecule has 2 N–H and O–H groups in total. The van der Waals surface area contributed by atoms with Gasteiger partial charge in [0, 0.05) is 37.8 Å². The summed E-state index contributed by atoms with van der Waals surface area (Å²) >= 11 is 0. The normalized spacial score (nSPS) is 14.7. The molecule has 2 aromatic rings. The molecule has 0 radical (unpaired) electrons. The largest absolute Gasteiger partial charge is 0.370 e. The van der Waals surface area contributed by atoms with Crippen LogP contribution in [0, 0.1) is 19.8 Å². The van der Waals surface area contributed by atoms with Gasteiger partial charge >= 0.3 is 0 Å². The van der Waals surface area contributed by atoms with Gasteiger partial charge in [0.1, 0.15) is 18.0 Å². The Morgan fingerprint density at radius 1 is 1.21 bits per heavy atom. The third-order valence-electron chi connectivity index (χ3n) is 5.81. The molecule has 6 nitrogen and oxygen atoms in total. The fourth-order valence-electron chi connectivity index (χ4n) is 3.75. The Hall–Kier alpha value is -2.63. The van der Waals surface area contributed by atoms with Crippen molar-refractivity contribution in [3.63, 3.8) is 0 Å². The van der Waals surface area contributed by atoms with Crippen LogP contribution in [-0.2, 0) is 4.79 Å². The van der Waals surface area contributed by atoms with Crippen LogP contribution < -0.4 is 15.5 Å². The van der Waals surface area contributed by atoms with E-state index in [1.165, 1.54) is 5.56 Å². The number of aromatic nitrogens is 2. The second-order valence-corrected chi connectivity index (χ2v) is 7.95. The zero-order chi connectivity index (χ0) is 20.6. The molecule has 6 heteroatoms. The molecule has 0 unspecified atom stereocenters. The van der Waals surface area contributed by atoms with Crippen molar-refractivity contribution in [1.82, 2.24) is 9.97 Å². The van der Waals surface area contributed by atoms with Crippen molar-refractivity contribution in [2.45, 2.75) is 52.9 Å². The minimum atomic E-state index is 0.114. The summed E-state index contributed by atoms with van der Waals surface area (Å²) in [6.07, 6.45) is 6.42. The first-order valence-electron chi connectivity index (χ1n) is 10.7. The lowest BCUT2D eigenvalue weighted by molar-refractivity contribution is -0.116. The molecule has 0 saturated carbocycles. The summed E-state index contributed by atoms with van der Waals surface area (Å²) in [5.74, 6) is 2.59. The van der Waals surface area contributed by atoms with Crippen LogP contribution in [-0.4, -0.2) is 35.5 Å². The highest BCUT2D eigenvalue weighted by molar-refractivity contribution is 5.91. The number of nitrogens with one attached hydrogen (secondary N) is 2. The Balaban J connectivity index is 1.44. The number of rotatable bonds is 8. The average Bonchev–Trinajstić information content (AvgIpc) is 2.74. The van der Waals surface area contributed by atoms with Crippen LogP contribution >= 0.6 is 0 Å². The van der Waals surface area contributed by atoms with E-state index in [4.69, 9.17) is 0 Å². The number of aryl methyl sites for hydroxylation is 1. The van der Waals surface area contributed by atoms with Gasteiger partial charge in [0.25, 0.3) is 0 Å². The van der Waals surface area contributed by atoms with E-state index < -0.39 is 0 Å². The first-order chi connectivity index (χ1) is 14.1. The minimum absolute atomic E-state index is 0.114. The van der Waals surface area contributed by atoms with Gasteiger partial charge in [-0.15, -0.1) is 0 Å². The van der Waals surface area contributed by atoms with Crippen LogP contribution in [0.1, 0.15) is 50.2 Å². The summed E-state index contributed by atoms with van der Waals surface area (Å²) in [4.78, 5) is 23.4. The van der Waals surface area contributed by atoms with Crippen molar-refractivity contribution >= 4 is 23.2 Å². The molecule has 0 atom stereocenters. The maximum Gasteiger partial charge on any atom is 0.224 e. The predicted octanol–water partition coefficient (Wildman–Crippen LogP) is 4.55. The number of carbonyl (C=O) groups is 1. The van der Waals surface area contributed by atoms with E-state index in [0.717, 1.165) is 68.2 Å². The Labute approximate surface area is 174 Å². The molecule has 0 spiro atoms. The van der Waals surface area contributed by atoms with Crippen LogP contribution in [0.4, 0.5) is 17.3 Å². The maximum atomic E-state index is 12.4. The van der Waals surface area contributed by atoms with E-state index in [-0.39, 0.29) is 5.91 Å². The molecule has 1 aliphatic heterocycles. The van der Waals surface area contributed by atoms with E-state index in [2.05, 4.69) is 52.3 Å². The standard InChI is InChI=1S/C23H33N5O/c1-4-12-24-21-15-22(26-16-25-21)28-13-10-19(11-14-28)8-9-23(29)27-20-7-5-6-17(2)18(20)3/h5-7,15-16,19H,4,8-14H2,1-3H3,(H,27,29)(H,24,25,26). The maximum absolute atomic E-state index is 12.4. The Morgan fingerprint density at radius 3 is 2.76 bits per heavy atom. The van der Waals surface area contributed by atoms with Gasteiger partial charge in [-0.05, 0) is 62.6 Å². The van der Waals surface area contributed by atoms with Crippen molar-refractivity contribution in [2.24, 2.45) is 5.92 Å². The van der Waals surface area contributed by atoms with Crippen LogP contribution in [0.3, 0.4) is 0 Å². The van der Waals surface area contributed by atoms with E-state index in [9.17, 15) is 4.79 Å². The number of carbonyl (C=O) groups excluding carboxylic acids is 1. The Bertz CT molecular complexity index is 815. The first kappa shape index (κ1) is 21.1. The number of amides is 1. The minimum Gasteiger partial charge on any atom is -0.370 e. The lowest BCUT2D eigenvalue weighted by Crippen LogP contribution is -2.34. The zero-order valence-corrected chi connectivity index (χ0v) is 17.9. The summed E-state index contributed by atoms with van der Waals surface area (Å²) in [6, 6.07) is 8.07. The van der Waals surface area contributed by atoms with Crippen molar-refractivity contribution in [3.05, 3.63) is 41.7 Å². The predicted molar refractivity (Wildman–Crippen MR) is 120 cm³/mol. The first-order valence-corrected chi connectivity index (χ1v) is 10.7. The summed E-state index contributed by atoms with van der Waals surface area (Å²) in [5.41, 5.74) is 3.28. The molecule has 3 rings (SSSR count). The fraction of sp³-hybridized carbons (Fsp3) is 0.522. The third-order valence-corrected chi connectivity index (χ3v) is 5.81.